The van der Waals surface area contributed by atoms with Crippen LogP contribution < -0.4 is 5.32 Å². The molecular weight excluding hydrogens is 178 g/mol. The van der Waals surface area contributed by atoms with Crippen LogP contribution in [0.5, 0.6) is 0 Å². The summed E-state index contributed by atoms with van der Waals surface area (Å²) in [6, 6.07) is 0. The van der Waals surface area contributed by atoms with Crippen LogP contribution in [0.4, 0.5) is 0 Å². The summed E-state index contributed by atoms with van der Waals surface area (Å²) in [6.45, 7) is 4.27. The molecule has 0 aromatic rings. The van der Waals surface area contributed by atoms with Crippen molar-refractivity contribution in [2.24, 2.45) is 0 Å². The van der Waals surface area contributed by atoms with Gasteiger partial charge in [-0.1, -0.05) is 0 Å². The van der Waals surface area contributed by atoms with Crippen LogP contribution in [0.1, 0.15) is 12.8 Å². The van der Waals surface area contributed by atoms with Crippen LogP contribution in [0.2, 0.25) is 0 Å². The lowest BCUT2D eigenvalue weighted by Crippen LogP contribution is -2.43. The Labute approximate surface area is 86.2 Å². The maximum absolute atomic E-state index is 11.6. The van der Waals surface area contributed by atoms with Gasteiger partial charge in [-0.05, 0) is 27.1 Å². The second kappa shape index (κ2) is 5.98. The monoisotopic (exact) mass is 198 g/mol. The van der Waals surface area contributed by atoms with Gasteiger partial charge in [0.15, 0.2) is 0 Å². The van der Waals surface area contributed by atoms with Crippen LogP contribution in [0.15, 0.2) is 0 Å². The van der Waals surface area contributed by atoms with Gasteiger partial charge in [-0.2, -0.15) is 0 Å². The molecule has 1 rings (SSSR count). The number of amides is 1. The highest BCUT2D eigenvalue weighted by atomic mass is 16.2. The molecule has 1 aliphatic rings. The van der Waals surface area contributed by atoms with Crippen molar-refractivity contribution < 1.29 is 4.79 Å². The second-order valence-corrected chi connectivity index (χ2v) is 3.96. The largest absolute Gasteiger partial charge is 0.340 e. The molecule has 4 heteroatoms. The molecule has 81 valence electrons. The fourth-order valence-corrected chi connectivity index (χ4v) is 1.56. The molecule has 1 amide bonds. The van der Waals surface area contributed by atoms with E-state index in [2.05, 4.69) is 10.2 Å². The van der Waals surface area contributed by atoms with Gasteiger partial charge in [0.05, 0.1) is 0 Å². The van der Waals surface area contributed by atoms with Gasteiger partial charge < -0.3 is 9.80 Å². The Morgan fingerprint density at radius 3 is 2.57 bits per heavy atom. The molecule has 0 unspecified atom stereocenters. The molecule has 4 nitrogen and oxygen atoms in total. The number of piperazine rings is 1. The highest BCUT2D eigenvalue weighted by Gasteiger charge is 2.15. The first-order valence-corrected chi connectivity index (χ1v) is 5.26. The third-order valence-electron chi connectivity index (χ3n) is 2.40. The highest BCUT2D eigenvalue weighted by Crippen LogP contribution is 2.00. The van der Waals surface area contributed by atoms with Gasteiger partial charge in [-0.15, -0.1) is 0 Å². The molecule has 0 aromatic carbocycles. The van der Waals surface area contributed by atoms with E-state index in [-0.39, 0.29) is 0 Å². The van der Waals surface area contributed by atoms with Crippen molar-refractivity contribution in [1.82, 2.24) is 15.1 Å². The second-order valence-electron chi connectivity index (χ2n) is 3.96. The van der Waals surface area contributed by atoms with E-state index in [0.29, 0.717) is 12.3 Å². The molecular formula is C10H20N3O. The van der Waals surface area contributed by atoms with E-state index >= 15 is 0 Å². The number of rotatable bonds is 4. The standard InChI is InChI=1S/C10H20N3O/c1-12(2)7-3-4-10(14)13-8-5-11-6-9-13/h3-9H2,1-2H3. The summed E-state index contributed by atoms with van der Waals surface area (Å²) in [5.74, 6) is 0.293. The summed E-state index contributed by atoms with van der Waals surface area (Å²) in [5, 5.41) is 4.22. The summed E-state index contributed by atoms with van der Waals surface area (Å²) in [6.07, 6.45) is 1.64. The minimum atomic E-state index is 0.293. The maximum Gasteiger partial charge on any atom is 0.222 e. The van der Waals surface area contributed by atoms with Crippen LogP contribution in [-0.2, 0) is 4.79 Å². The number of nitrogens with zero attached hydrogens (tertiary/aromatic N) is 3. The van der Waals surface area contributed by atoms with E-state index in [4.69, 9.17) is 0 Å². The summed E-state index contributed by atoms with van der Waals surface area (Å²) >= 11 is 0. The summed E-state index contributed by atoms with van der Waals surface area (Å²) in [7, 11) is 4.06. The van der Waals surface area contributed by atoms with Crippen LogP contribution in [0.3, 0.4) is 0 Å². The van der Waals surface area contributed by atoms with Gasteiger partial charge in [-0.25, -0.2) is 5.32 Å². The van der Waals surface area contributed by atoms with Gasteiger partial charge in [0.2, 0.25) is 5.91 Å². The Hall–Kier alpha value is -0.610. The van der Waals surface area contributed by atoms with Crippen LogP contribution in [-0.4, -0.2) is 62.5 Å². The smallest absolute Gasteiger partial charge is 0.222 e. The molecule has 0 saturated carbocycles. The fourth-order valence-electron chi connectivity index (χ4n) is 1.56. The SMILES string of the molecule is CN(C)CCCC(=O)N1CC[N]CC1. The minimum Gasteiger partial charge on any atom is -0.340 e. The van der Waals surface area contributed by atoms with E-state index in [9.17, 15) is 4.79 Å². The fraction of sp³-hybridized carbons (Fsp3) is 0.900. The molecule has 0 bridgehead atoms. The van der Waals surface area contributed by atoms with E-state index in [0.717, 1.165) is 39.1 Å². The summed E-state index contributed by atoms with van der Waals surface area (Å²) in [4.78, 5) is 15.7. The van der Waals surface area contributed by atoms with Crippen LogP contribution in [0, 0.1) is 0 Å². The Bertz CT molecular complexity index is 176. The van der Waals surface area contributed by atoms with E-state index in [1.165, 1.54) is 0 Å². The van der Waals surface area contributed by atoms with E-state index < -0.39 is 0 Å². The van der Waals surface area contributed by atoms with Gasteiger partial charge in [0, 0.05) is 32.6 Å². The van der Waals surface area contributed by atoms with Gasteiger partial charge in [0.25, 0.3) is 0 Å². The minimum absolute atomic E-state index is 0.293. The van der Waals surface area contributed by atoms with E-state index in [1.807, 2.05) is 19.0 Å². The number of hydrogen-bond acceptors (Lipinski definition) is 2. The zero-order chi connectivity index (χ0) is 10.4. The van der Waals surface area contributed by atoms with Gasteiger partial charge >= 0.3 is 0 Å². The van der Waals surface area contributed by atoms with Crippen molar-refractivity contribution in [3.63, 3.8) is 0 Å². The predicted molar refractivity (Wildman–Crippen MR) is 56.2 cm³/mol. The maximum atomic E-state index is 11.6. The van der Waals surface area contributed by atoms with Crippen LogP contribution in [0.25, 0.3) is 0 Å². The number of hydrogen-bond donors (Lipinski definition) is 0. The lowest BCUT2D eigenvalue weighted by atomic mass is 10.2. The zero-order valence-corrected chi connectivity index (χ0v) is 9.20. The summed E-state index contributed by atoms with van der Waals surface area (Å²) < 4.78 is 0. The van der Waals surface area contributed by atoms with Gasteiger partial charge in [0.1, 0.15) is 0 Å². The van der Waals surface area contributed by atoms with Crippen molar-refractivity contribution in [3.05, 3.63) is 0 Å². The van der Waals surface area contributed by atoms with Crippen LogP contribution >= 0.6 is 0 Å². The van der Waals surface area contributed by atoms with Crippen molar-refractivity contribution in [3.8, 4) is 0 Å². The molecule has 1 fully saturated rings. The zero-order valence-electron chi connectivity index (χ0n) is 9.20. The molecule has 0 aliphatic carbocycles. The normalized spacial score (nSPS) is 17.5. The third kappa shape index (κ3) is 4.07. The average Bonchev–Trinajstić information content (AvgIpc) is 2.18. The highest BCUT2D eigenvalue weighted by molar-refractivity contribution is 5.76. The third-order valence-corrected chi connectivity index (χ3v) is 2.40. The molecule has 0 aromatic heterocycles. The van der Waals surface area contributed by atoms with E-state index in [1.54, 1.807) is 0 Å². The molecule has 1 radical (unpaired) electrons. The molecule has 14 heavy (non-hydrogen) atoms. The predicted octanol–water partition coefficient (Wildman–Crippen LogP) is -0.225. The molecule has 0 atom stereocenters. The van der Waals surface area contributed by atoms with Gasteiger partial charge in [-0.3, -0.25) is 4.79 Å². The first-order valence-electron chi connectivity index (χ1n) is 5.26. The molecule has 0 N–H and O–H groups in total. The Morgan fingerprint density at radius 2 is 2.00 bits per heavy atom. The average molecular weight is 198 g/mol. The Morgan fingerprint density at radius 1 is 1.36 bits per heavy atom. The molecule has 1 heterocycles. The van der Waals surface area contributed by atoms with Crippen molar-refractivity contribution in [2.45, 2.75) is 12.8 Å². The van der Waals surface area contributed by atoms with Crippen molar-refractivity contribution in [1.29, 1.82) is 0 Å². The molecule has 1 saturated heterocycles. The topological polar surface area (TPSA) is 37.7 Å². The number of carbonyl (C=O) groups is 1. The lowest BCUT2D eigenvalue weighted by molar-refractivity contribution is -0.131. The first kappa shape index (κ1) is 11.5. The molecule has 0 spiro atoms. The van der Waals surface area contributed by atoms with Crippen molar-refractivity contribution in [2.75, 3.05) is 46.8 Å². The quantitative estimate of drug-likeness (QED) is 0.626. The first-order chi connectivity index (χ1) is 6.70. The lowest BCUT2D eigenvalue weighted by Gasteiger charge is -2.26. The Kier molecular flexibility index (Phi) is 4.90. The number of carbonyl (C=O) groups excluding carboxylic acids is 1. The molecule has 1 aliphatic heterocycles. The van der Waals surface area contributed by atoms with Crippen molar-refractivity contribution >= 4 is 5.91 Å². The summed E-state index contributed by atoms with van der Waals surface area (Å²) in [5.41, 5.74) is 0. The Balaban J connectivity index is 2.13.